The van der Waals surface area contributed by atoms with Crippen LogP contribution in [0.5, 0.6) is 0 Å². The number of nitrogens with one attached hydrogen (secondary N) is 1. The highest BCUT2D eigenvalue weighted by atomic mass is 16.1. The zero-order valence-electron chi connectivity index (χ0n) is 11.2. The number of hydrogen-bond donors (Lipinski definition) is 1. The van der Waals surface area contributed by atoms with Crippen LogP contribution in [-0.2, 0) is 6.54 Å². The lowest BCUT2D eigenvalue weighted by Crippen LogP contribution is -2.37. The van der Waals surface area contributed by atoms with E-state index in [1.54, 1.807) is 16.7 Å². The Morgan fingerprint density at radius 3 is 2.59 bits per heavy atom. The number of pyridine rings is 1. The second kappa shape index (κ2) is 5.32. The van der Waals surface area contributed by atoms with Crippen molar-refractivity contribution >= 4 is 0 Å². The van der Waals surface area contributed by atoms with Crippen molar-refractivity contribution in [3.63, 3.8) is 0 Å². The van der Waals surface area contributed by atoms with E-state index in [1.807, 2.05) is 13.0 Å². The molecule has 0 fully saturated rings. The molecule has 0 unspecified atom stereocenters. The Bertz CT molecular complexity index is 452. The molecular formula is C14H22N2O. The van der Waals surface area contributed by atoms with Crippen LogP contribution in [0.1, 0.15) is 26.5 Å². The molecule has 3 nitrogen and oxygen atoms in total. The third-order valence-electron chi connectivity index (χ3n) is 2.52. The lowest BCUT2D eigenvalue weighted by Gasteiger charge is -2.22. The quantitative estimate of drug-likeness (QED) is 0.810. The monoisotopic (exact) mass is 234 g/mol. The summed E-state index contributed by atoms with van der Waals surface area (Å²) in [4.78, 5) is 11.7. The molecule has 0 amide bonds. The molecule has 0 aliphatic heterocycles. The molecule has 0 spiro atoms. The van der Waals surface area contributed by atoms with Gasteiger partial charge in [0.1, 0.15) is 0 Å². The van der Waals surface area contributed by atoms with Crippen molar-refractivity contribution < 1.29 is 0 Å². The molecule has 0 saturated heterocycles. The third-order valence-corrected chi connectivity index (χ3v) is 2.52. The lowest BCUT2D eigenvalue weighted by atomic mass is 10.1. The van der Waals surface area contributed by atoms with E-state index >= 15 is 0 Å². The van der Waals surface area contributed by atoms with Crippen LogP contribution in [0.25, 0.3) is 0 Å². The predicted molar refractivity (Wildman–Crippen MR) is 72.3 cm³/mol. The molecule has 0 aromatic carbocycles. The molecule has 0 aliphatic rings. The molecule has 3 heteroatoms. The second-order valence-electron chi connectivity index (χ2n) is 5.45. The molecule has 1 heterocycles. The molecule has 1 N–H and O–H groups in total. The highest BCUT2D eigenvalue weighted by Crippen LogP contribution is 2.02. The maximum atomic E-state index is 11.7. The maximum Gasteiger partial charge on any atom is 0.251 e. The third kappa shape index (κ3) is 4.57. The van der Waals surface area contributed by atoms with Crippen molar-refractivity contribution in [1.29, 1.82) is 0 Å². The molecule has 1 aromatic heterocycles. The van der Waals surface area contributed by atoms with Gasteiger partial charge in [-0.2, -0.15) is 0 Å². The molecule has 17 heavy (non-hydrogen) atoms. The van der Waals surface area contributed by atoms with Gasteiger partial charge < -0.3 is 9.88 Å². The van der Waals surface area contributed by atoms with Crippen molar-refractivity contribution in [1.82, 2.24) is 9.88 Å². The van der Waals surface area contributed by atoms with Crippen LogP contribution in [0.3, 0.4) is 0 Å². The van der Waals surface area contributed by atoms with E-state index in [2.05, 4.69) is 32.7 Å². The van der Waals surface area contributed by atoms with Gasteiger partial charge in [0.15, 0.2) is 0 Å². The van der Waals surface area contributed by atoms with E-state index in [9.17, 15) is 4.79 Å². The normalized spacial score (nSPS) is 11.5. The van der Waals surface area contributed by atoms with Crippen LogP contribution >= 0.6 is 0 Å². The smallest absolute Gasteiger partial charge is 0.251 e. The van der Waals surface area contributed by atoms with Gasteiger partial charge in [0.2, 0.25) is 0 Å². The van der Waals surface area contributed by atoms with Gasteiger partial charge in [-0.25, -0.2) is 0 Å². The van der Waals surface area contributed by atoms with Crippen LogP contribution in [0.15, 0.2) is 35.1 Å². The topological polar surface area (TPSA) is 34.0 Å². The molecule has 1 rings (SSSR count). The van der Waals surface area contributed by atoms with E-state index in [1.165, 1.54) is 0 Å². The summed E-state index contributed by atoms with van der Waals surface area (Å²) >= 11 is 0. The SMILES string of the molecule is C=C(CNC(C)(C)C)Cn1c(C)cccc1=O. The minimum atomic E-state index is 0.0295. The van der Waals surface area contributed by atoms with E-state index in [4.69, 9.17) is 0 Å². The maximum absolute atomic E-state index is 11.7. The average Bonchev–Trinajstić information content (AvgIpc) is 2.20. The molecule has 0 saturated carbocycles. The van der Waals surface area contributed by atoms with Crippen LogP contribution in [-0.4, -0.2) is 16.7 Å². The van der Waals surface area contributed by atoms with Crippen LogP contribution < -0.4 is 10.9 Å². The lowest BCUT2D eigenvalue weighted by molar-refractivity contribution is 0.439. The Kier molecular flexibility index (Phi) is 4.29. The van der Waals surface area contributed by atoms with E-state index in [0.717, 1.165) is 17.8 Å². The Morgan fingerprint density at radius 2 is 2.06 bits per heavy atom. The van der Waals surface area contributed by atoms with Gasteiger partial charge in [-0.3, -0.25) is 4.79 Å². The van der Waals surface area contributed by atoms with Gasteiger partial charge in [-0.1, -0.05) is 12.6 Å². The van der Waals surface area contributed by atoms with Crippen molar-refractivity contribution in [2.75, 3.05) is 6.54 Å². The summed E-state index contributed by atoms with van der Waals surface area (Å²) in [5.74, 6) is 0. The number of aromatic nitrogens is 1. The Balaban J connectivity index is 2.66. The fourth-order valence-electron chi connectivity index (χ4n) is 1.50. The van der Waals surface area contributed by atoms with Crippen molar-refractivity contribution in [2.45, 2.75) is 39.8 Å². The molecule has 0 atom stereocenters. The zero-order valence-corrected chi connectivity index (χ0v) is 11.2. The summed E-state index contributed by atoms with van der Waals surface area (Å²) in [6.07, 6.45) is 0. The number of hydrogen-bond acceptors (Lipinski definition) is 2. The van der Waals surface area contributed by atoms with Crippen molar-refractivity contribution in [3.8, 4) is 0 Å². The van der Waals surface area contributed by atoms with Gasteiger partial charge in [0, 0.05) is 30.4 Å². The van der Waals surface area contributed by atoms with Gasteiger partial charge in [0.05, 0.1) is 0 Å². The van der Waals surface area contributed by atoms with Crippen molar-refractivity contribution in [3.05, 3.63) is 46.4 Å². The first-order chi connectivity index (χ1) is 7.79. The van der Waals surface area contributed by atoms with Gasteiger partial charge in [0.25, 0.3) is 5.56 Å². The number of rotatable bonds is 4. The Hall–Kier alpha value is -1.35. The number of aryl methyl sites for hydroxylation is 1. The highest BCUT2D eigenvalue weighted by Gasteiger charge is 2.09. The minimum Gasteiger partial charge on any atom is -0.309 e. The Labute approximate surface area is 103 Å². The average molecular weight is 234 g/mol. The van der Waals surface area contributed by atoms with E-state index < -0.39 is 0 Å². The second-order valence-corrected chi connectivity index (χ2v) is 5.45. The summed E-state index contributed by atoms with van der Waals surface area (Å²) in [7, 11) is 0. The minimum absolute atomic E-state index is 0.0295. The van der Waals surface area contributed by atoms with Crippen molar-refractivity contribution in [2.24, 2.45) is 0 Å². The first kappa shape index (κ1) is 13.7. The first-order valence-corrected chi connectivity index (χ1v) is 5.88. The molecule has 1 aromatic rings. The van der Waals surface area contributed by atoms with Gasteiger partial charge in [-0.15, -0.1) is 0 Å². The predicted octanol–water partition coefficient (Wildman–Crippen LogP) is 2.10. The highest BCUT2D eigenvalue weighted by molar-refractivity contribution is 5.08. The summed E-state index contributed by atoms with van der Waals surface area (Å²) in [6.45, 7) is 13.6. The van der Waals surface area contributed by atoms with Crippen LogP contribution in [0.2, 0.25) is 0 Å². The summed E-state index contributed by atoms with van der Waals surface area (Å²) in [5.41, 5.74) is 2.08. The zero-order chi connectivity index (χ0) is 13.1. The summed E-state index contributed by atoms with van der Waals surface area (Å²) in [5, 5.41) is 3.37. The Morgan fingerprint density at radius 1 is 1.41 bits per heavy atom. The molecule has 0 aliphatic carbocycles. The van der Waals surface area contributed by atoms with Gasteiger partial charge in [-0.05, 0) is 39.3 Å². The fraction of sp³-hybridized carbons (Fsp3) is 0.500. The first-order valence-electron chi connectivity index (χ1n) is 5.88. The van der Waals surface area contributed by atoms with E-state index in [0.29, 0.717) is 6.54 Å². The van der Waals surface area contributed by atoms with Gasteiger partial charge >= 0.3 is 0 Å². The van der Waals surface area contributed by atoms with E-state index in [-0.39, 0.29) is 11.1 Å². The molecule has 0 radical (unpaired) electrons. The number of nitrogens with zero attached hydrogens (tertiary/aromatic N) is 1. The standard InChI is InChI=1S/C14H22N2O/c1-11(9-15-14(3,4)5)10-16-12(2)7-6-8-13(16)17/h6-8,15H,1,9-10H2,2-5H3. The van der Waals surface area contributed by atoms with Crippen LogP contribution in [0, 0.1) is 6.92 Å². The summed E-state index contributed by atoms with van der Waals surface area (Å²) in [6, 6.07) is 5.30. The molecule has 94 valence electrons. The van der Waals surface area contributed by atoms with Crippen LogP contribution in [0.4, 0.5) is 0 Å². The largest absolute Gasteiger partial charge is 0.309 e. The summed E-state index contributed by atoms with van der Waals surface area (Å²) < 4.78 is 1.74. The fourth-order valence-corrected chi connectivity index (χ4v) is 1.50. The molecule has 0 bridgehead atoms. The molecular weight excluding hydrogens is 212 g/mol.